The van der Waals surface area contributed by atoms with Crippen molar-refractivity contribution < 1.29 is 0 Å². The number of fused-ring (bicyclic) bond motifs is 6. The van der Waals surface area contributed by atoms with Gasteiger partial charge >= 0.3 is 6.85 Å². The second-order valence-electron chi connectivity index (χ2n) is 18.2. The van der Waals surface area contributed by atoms with Crippen LogP contribution < -0.4 is 20.6 Å². The van der Waals surface area contributed by atoms with Gasteiger partial charge in [-0.2, -0.15) is 0 Å². The summed E-state index contributed by atoms with van der Waals surface area (Å²) in [7, 11) is 0. The molecule has 0 unspecified atom stereocenters. The number of hydrogen-bond donors (Lipinski definition) is 0. The van der Waals surface area contributed by atoms with Crippen LogP contribution in [0.15, 0.2) is 218 Å². The maximum absolute atomic E-state index is 2.69. The molecule has 3 aliphatic heterocycles. The molecule has 9 aromatic carbocycles. The average Bonchev–Trinajstić information content (AvgIpc) is 3.38. The van der Waals surface area contributed by atoms with Crippen LogP contribution in [0.5, 0.6) is 0 Å². The van der Waals surface area contributed by atoms with E-state index in [9.17, 15) is 0 Å². The van der Waals surface area contributed by atoms with Gasteiger partial charge in [0.1, 0.15) is 0 Å². The third-order valence-electron chi connectivity index (χ3n) is 14.8. The van der Waals surface area contributed by atoms with Gasteiger partial charge in [0.15, 0.2) is 0 Å². The number of para-hydroxylation sites is 3. The van der Waals surface area contributed by atoms with E-state index < -0.39 is 5.41 Å². The van der Waals surface area contributed by atoms with Crippen LogP contribution in [0, 0.1) is 0 Å². The van der Waals surface area contributed by atoms with Gasteiger partial charge in [-0.1, -0.05) is 201 Å². The lowest BCUT2D eigenvalue weighted by Crippen LogP contribution is -2.62. The summed E-state index contributed by atoms with van der Waals surface area (Å²) in [4.78, 5) is 5.38. The largest absolute Gasteiger partial charge is 0.376 e. The molecule has 0 N–H and O–H groups in total. The zero-order valence-corrected chi connectivity index (χ0v) is 35.9. The predicted octanol–water partition coefficient (Wildman–Crippen LogP) is 14.5. The first kappa shape index (κ1) is 37.2. The summed E-state index contributed by atoms with van der Waals surface area (Å²) < 4.78 is 0. The SMILES string of the molecule is c1ccc(-c2cc(-c3ccccc3)cc(N3B4c5cccc6c5N(c5ccccc5C6(c5ccccc5)c5ccccc5)c5cc(C6CCCCC6)cc(c54)-c4ccccc43)c2)cc1. The highest BCUT2D eigenvalue weighted by molar-refractivity contribution is 6.93. The standard InChI is InChI=1S/C61H47BN2/c1-6-21-42(22-7-1)45-37-46(43-23-8-2-9-24-43)39-50(38-45)64-56-35-18-16-31-51(56)52-40-47(44-25-10-3-11-26-44)41-58-59(52)62(64)55-34-20-33-54-60(55)63(58)57-36-19-17-32-53(57)61(54,48-27-12-4-13-28-48)49-29-14-5-15-30-49/h1-2,4-9,12-24,27-41,44H,3,10-11,25-26H2. The summed E-state index contributed by atoms with van der Waals surface area (Å²) in [6.07, 6.45) is 6.41. The van der Waals surface area contributed by atoms with Gasteiger partial charge in [-0.25, -0.2) is 0 Å². The molecule has 0 aromatic heterocycles. The Bertz CT molecular complexity index is 3110. The van der Waals surface area contributed by atoms with Gasteiger partial charge in [0, 0.05) is 28.3 Å². The Morgan fingerprint density at radius 3 is 1.64 bits per heavy atom. The highest BCUT2D eigenvalue weighted by atomic mass is 15.2. The molecule has 1 fully saturated rings. The van der Waals surface area contributed by atoms with Crippen LogP contribution >= 0.6 is 0 Å². The minimum Gasteiger partial charge on any atom is -0.376 e. The molecule has 0 radical (unpaired) electrons. The van der Waals surface area contributed by atoms with E-state index in [1.54, 1.807) is 0 Å². The molecule has 9 aromatic rings. The fourth-order valence-corrected chi connectivity index (χ4v) is 12.1. The number of rotatable bonds is 6. The van der Waals surface area contributed by atoms with E-state index in [-0.39, 0.29) is 6.85 Å². The van der Waals surface area contributed by atoms with Crippen molar-refractivity contribution in [2.24, 2.45) is 0 Å². The number of benzene rings is 9. The fourth-order valence-electron chi connectivity index (χ4n) is 12.1. The molecule has 0 bridgehead atoms. The Morgan fingerprint density at radius 2 is 0.984 bits per heavy atom. The van der Waals surface area contributed by atoms with Crippen LogP contribution in [-0.2, 0) is 5.41 Å². The van der Waals surface area contributed by atoms with Gasteiger partial charge in [0.05, 0.1) is 11.1 Å². The van der Waals surface area contributed by atoms with Crippen LogP contribution in [0.25, 0.3) is 33.4 Å². The molecule has 0 atom stereocenters. The molecule has 304 valence electrons. The lowest BCUT2D eigenvalue weighted by molar-refractivity contribution is 0.444. The maximum atomic E-state index is 2.69. The normalized spacial score (nSPS) is 15.5. The second-order valence-corrected chi connectivity index (χ2v) is 18.2. The molecule has 13 rings (SSSR count). The summed E-state index contributed by atoms with van der Waals surface area (Å²) in [6, 6.07) is 82.6. The molecule has 4 aliphatic rings. The Hall–Kier alpha value is -7.36. The minimum absolute atomic E-state index is 0.101. The van der Waals surface area contributed by atoms with Crippen molar-refractivity contribution in [2.45, 2.75) is 43.4 Å². The van der Waals surface area contributed by atoms with Crippen molar-refractivity contribution >= 4 is 46.2 Å². The first-order chi connectivity index (χ1) is 31.8. The lowest BCUT2D eigenvalue weighted by atomic mass is 9.42. The topological polar surface area (TPSA) is 6.48 Å². The van der Waals surface area contributed by atoms with Crippen molar-refractivity contribution in [3.8, 4) is 33.4 Å². The summed E-state index contributed by atoms with van der Waals surface area (Å²) >= 11 is 0. The van der Waals surface area contributed by atoms with Gasteiger partial charge in [-0.15, -0.1) is 0 Å². The van der Waals surface area contributed by atoms with E-state index in [2.05, 4.69) is 228 Å². The zero-order chi connectivity index (χ0) is 42.2. The summed E-state index contributed by atoms with van der Waals surface area (Å²) in [5, 5.41) is 0. The maximum Gasteiger partial charge on any atom is 0.333 e. The minimum atomic E-state index is -0.562. The first-order valence-electron chi connectivity index (χ1n) is 23.2. The van der Waals surface area contributed by atoms with Gasteiger partial charge in [-0.05, 0) is 122 Å². The van der Waals surface area contributed by atoms with Crippen molar-refractivity contribution in [1.29, 1.82) is 0 Å². The Labute approximate surface area is 377 Å². The quantitative estimate of drug-likeness (QED) is 0.154. The zero-order valence-electron chi connectivity index (χ0n) is 35.9. The van der Waals surface area contributed by atoms with Crippen molar-refractivity contribution in [3.63, 3.8) is 0 Å². The average molecular weight is 819 g/mol. The molecule has 0 spiro atoms. The Morgan fingerprint density at radius 1 is 0.422 bits per heavy atom. The smallest absolute Gasteiger partial charge is 0.333 e. The van der Waals surface area contributed by atoms with E-state index in [4.69, 9.17) is 0 Å². The third-order valence-corrected chi connectivity index (χ3v) is 14.8. The van der Waals surface area contributed by atoms with Gasteiger partial charge in [0.25, 0.3) is 0 Å². The summed E-state index contributed by atoms with van der Waals surface area (Å²) in [6.45, 7) is -0.101. The number of nitrogens with zero attached hydrogens (tertiary/aromatic N) is 2. The predicted molar refractivity (Wildman–Crippen MR) is 269 cm³/mol. The number of anilines is 5. The first-order valence-corrected chi connectivity index (χ1v) is 23.2. The van der Waals surface area contributed by atoms with Gasteiger partial charge < -0.3 is 9.71 Å². The van der Waals surface area contributed by atoms with E-state index in [0.29, 0.717) is 5.92 Å². The van der Waals surface area contributed by atoms with Gasteiger partial charge in [0.2, 0.25) is 0 Å². The summed E-state index contributed by atoms with van der Waals surface area (Å²) in [5.74, 6) is 0.541. The molecule has 2 nitrogen and oxygen atoms in total. The van der Waals surface area contributed by atoms with Crippen molar-refractivity contribution in [1.82, 2.24) is 0 Å². The Kier molecular flexibility index (Phi) is 8.66. The molecular weight excluding hydrogens is 771 g/mol. The fraction of sp³-hybridized carbons (Fsp3) is 0.115. The lowest BCUT2D eigenvalue weighted by Gasteiger charge is -2.52. The molecule has 3 heteroatoms. The highest BCUT2D eigenvalue weighted by Gasteiger charge is 2.53. The van der Waals surface area contributed by atoms with E-state index >= 15 is 0 Å². The molecule has 1 aliphatic carbocycles. The molecule has 0 saturated heterocycles. The molecular formula is C61H47BN2. The van der Waals surface area contributed by atoms with E-state index in [1.807, 2.05) is 0 Å². The van der Waals surface area contributed by atoms with E-state index in [1.165, 1.54) is 133 Å². The van der Waals surface area contributed by atoms with Gasteiger partial charge in [-0.3, -0.25) is 0 Å². The molecule has 0 amide bonds. The van der Waals surface area contributed by atoms with Crippen LogP contribution in [0.4, 0.5) is 28.4 Å². The molecule has 64 heavy (non-hydrogen) atoms. The van der Waals surface area contributed by atoms with Crippen LogP contribution in [0.3, 0.4) is 0 Å². The van der Waals surface area contributed by atoms with Crippen molar-refractivity contribution in [3.05, 3.63) is 246 Å². The monoisotopic (exact) mass is 818 g/mol. The van der Waals surface area contributed by atoms with Crippen LogP contribution in [0.2, 0.25) is 0 Å². The Balaban J connectivity index is 1.16. The molecule has 1 saturated carbocycles. The van der Waals surface area contributed by atoms with Crippen LogP contribution in [0.1, 0.15) is 65.8 Å². The van der Waals surface area contributed by atoms with Crippen molar-refractivity contribution in [2.75, 3.05) is 9.71 Å². The molecule has 3 heterocycles. The number of hydrogen-bond acceptors (Lipinski definition) is 2. The highest BCUT2D eigenvalue weighted by Crippen LogP contribution is 2.59. The van der Waals surface area contributed by atoms with E-state index in [0.717, 1.165) is 0 Å². The third kappa shape index (κ3) is 5.53. The van der Waals surface area contributed by atoms with Crippen LogP contribution in [-0.4, -0.2) is 6.85 Å². The summed E-state index contributed by atoms with van der Waals surface area (Å²) in [5.41, 5.74) is 22.6. The second kappa shape index (κ2) is 14.9.